The summed E-state index contributed by atoms with van der Waals surface area (Å²) in [7, 11) is 0. The van der Waals surface area contributed by atoms with Gasteiger partial charge in [0.25, 0.3) is 0 Å². The van der Waals surface area contributed by atoms with Crippen molar-refractivity contribution in [3.8, 4) is 5.75 Å². The molecule has 0 radical (unpaired) electrons. The lowest BCUT2D eigenvalue weighted by Gasteiger charge is -2.25. The summed E-state index contributed by atoms with van der Waals surface area (Å²) in [6.45, 7) is 6.02. The predicted molar refractivity (Wildman–Crippen MR) is 88.4 cm³/mol. The molecule has 0 heterocycles. The first-order valence-corrected chi connectivity index (χ1v) is 7.76. The smallest absolute Gasteiger partial charge is 0.319 e. The van der Waals surface area contributed by atoms with Crippen LogP contribution < -0.4 is 15.4 Å². The van der Waals surface area contributed by atoms with Crippen LogP contribution in [0.2, 0.25) is 0 Å². The van der Waals surface area contributed by atoms with Gasteiger partial charge >= 0.3 is 12.0 Å². The molecule has 6 nitrogen and oxygen atoms in total. The molecule has 1 aromatic rings. The van der Waals surface area contributed by atoms with E-state index in [1.165, 1.54) is 0 Å². The van der Waals surface area contributed by atoms with Gasteiger partial charge in [-0.25, -0.2) is 4.79 Å². The zero-order valence-corrected chi connectivity index (χ0v) is 14.5. The van der Waals surface area contributed by atoms with Gasteiger partial charge in [-0.1, -0.05) is 0 Å². The Labute approximate surface area is 138 Å². The molecule has 0 aliphatic rings. The molecular formula is C15H21BrN2O4. The number of hydrogen-bond acceptors (Lipinski definition) is 3. The highest BCUT2D eigenvalue weighted by Crippen LogP contribution is 2.28. The van der Waals surface area contributed by atoms with Gasteiger partial charge in [-0.3, -0.25) is 4.79 Å². The third-order valence-corrected chi connectivity index (χ3v) is 3.53. The van der Waals surface area contributed by atoms with Crippen molar-refractivity contribution in [3.05, 3.63) is 22.7 Å². The fourth-order valence-electron chi connectivity index (χ4n) is 1.80. The molecule has 0 saturated carbocycles. The number of carbonyl (C=O) groups excluding carboxylic acids is 1. The van der Waals surface area contributed by atoms with E-state index in [4.69, 9.17) is 9.84 Å². The standard InChI is InChI=1S/C15H21BrN2O4/c1-4-22-12-6-5-10(9-11(12)16)17-14(21)18-15(2,3)8-7-13(19)20/h5-6,9H,4,7-8H2,1-3H3,(H,19,20)(H2,17,18,21). The Hall–Kier alpha value is -1.76. The highest BCUT2D eigenvalue weighted by atomic mass is 79.9. The molecule has 0 aliphatic carbocycles. The Morgan fingerprint density at radius 3 is 2.59 bits per heavy atom. The number of amides is 2. The van der Waals surface area contributed by atoms with Gasteiger partial charge in [-0.05, 0) is 61.3 Å². The maximum atomic E-state index is 12.0. The number of aliphatic carboxylic acids is 1. The van der Waals surface area contributed by atoms with Crippen molar-refractivity contribution in [1.82, 2.24) is 5.32 Å². The summed E-state index contributed by atoms with van der Waals surface area (Å²) in [6.07, 6.45) is 0.352. The van der Waals surface area contributed by atoms with Crippen LogP contribution in [0.3, 0.4) is 0 Å². The molecule has 7 heteroatoms. The van der Waals surface area contributed by atoms with Crippen LogP contribution in [0.25, 0.3) is 0 Å². The molecular weight excluding hydrogens is 352 g/mol. The van der Waals surface area contributed by atoms with Crippen LogP contribution in [0.4, 0.5) is 10.5 Å². The Kier molecular flexibility index (Phi) is 6.67. The molecule has 0 aliphatic heterocycles. The van der Waals surface area contributed by atoms with Crippen LogP contribution in [0.1, 0.15) is 33.6 Å². The van der Waals surface area contributed by atoms with Crippen molar-refractivity contribution < 1.29 is 19.4 Å². The van der Waals surface area contributed by atoms with Crippen LogP contribution in [0.5, 0.6) is 5.75 Å². The fraction of sp³-hybridized carbons (Fsp3) is 0.467. The number of nitrogens with one attached hydrogen (secondary N) is 2. The summed E-state index contributed by atoms with van der Waals surface area (Å²) in [5, 5.41) is 14.2. The molecule has 22 heavy (non-hydrogen) atoms. The molecule has 0 spiro atoms. The van der Waals surface area contributed by atoms with Crippen LogP contribution in [0.15, 0.2) is 22.7 Å². The van der Waals surface area contributed by atoms with Crippen molar-refractivity contribution in [2.45, 2.75) is 39.2 Å². The number of carboxylic acid groups (broad SMARTS) is 1. The number of urea groups is 1. The Morgan fingerprint density at radius 1 is 1.36 bits per heavy atom. The number of ether oxygens (including phenoxy) is 1. The number of anilines is 1. The van der Waals surface area contributed by atoms with E-state index in [2.05, 4.69) is 26.6 Å². The maximum Gasteiger partial charge on any atom is 0.319 e. The zero-order valence-electron chi connectivity index (χ0n) is 12.9. The van der Waals surface area contributed by atoms with E-state index in [-0.39, 0.29) is 12.5 Å². The van der Waals surface area contributed by atoms with Gasteiger partial charge < -0.3 is 20.5 Å². The quantitative estimate of drug-likeness (QED) is 0.681. The minimum atomic E-state index is -0.884. The lowest BCUT2D eigenvalue weighted by Crippen LogP contribution is -2.45. The average molecular weight is 373 g/mol. The average Bonchev–Trinajstić information content (AvgIpc) is 2.39. The van der Waals surface area contributed by atoms with Gasteiger partial charge in [0.1, 0.15) is 5.75 Å². The minimum absolute atomic E-state index is 0.00187. The van der Waals surface area contributed by atoms with E-state index in [0.717, 1.165) is 4.47 Å². The van der Waals surface area contributed by atoms with Gasteiger partial charge in [-0.15, -0.1) is 0 Å². The number of carboxylic acids is 1. The first kappa shape index (κ1) is 18.3. The first-order chi connectivity index (χ1) is 10.2. The molecule has 2 amide bonds. The summed E-state index contributed by atoms with van der Waals surface area (Å²) in [4.78, 5) is 22.6. The van der Waals surface area contributed by atoms with Gasteiger partial charge in [0.2, 0.25) is 0 Å². The van der Waals surface area contributed by atoms with Crippen LogP contribution >= 0.6 is 15.9 Å². The van der Waals surface area contributed by atoms with E-state index in [9.17, 15) is 9.59 Å². The van der Waals surface area contributed by atoms with E-state index in [1.807, 2.05) is 6.92 Å². The van der Waals surface area contributed by atoms with Crippen LogP contribution in [-0.4, -0.2) is 29.3 Å². The number of benzene rings is 1. The molecule has 0 bridgehead atoms. The Bertz CT molecular complexity index is 546. The highest BCUT2D eigenvalue weighted by Gasteiger charge is 2.21. The van der Waals surface area contributed by atoms with E-state index < -0.39 is 11.5 Å². The number of carbonyl (C=O) groups is 2. The molecule has 0 unspecified atom stereocenters. The summed E-state index contributed by atoms with van der Waals surface area (Å²) in [5.74, 6) is -0.180. The van der Waals surface area contributed by atoms with E-state index in [0.29, 0.717) is 24.5 Å². The minimum Gasteiger partial charge on any atom is -0.493 e. The Morgan fingerprint density at radius 2 is 2.05 bits per heavy atom. The molecule has 0 atom stereocenters. The van der Waals surface area contributed by atoms with E-state index >= 15 is 0 Å². The molecule has 122 valence electrons. The summed E-state index contributed by atoms with van der Waals surface area (Å²) in [6, 6.07) is 4.86. The van der Waals surface area contributed by atoms with Crippen molar-refractivity contribution in [2.75, 3.05) is 11.9 Å². The maximum absolute atomic E-state index is 12.0. The van der Waals surface area contributed by atoms with E-state index in [1.54, 1.807) is 32.0 Å². The van der Waals surface area contributed by atoms with Crippen molar-refractivity contribution in [1.29, 1.82) is 0 Å². The second kappa shape index (κ2) is 8.03. The number of rotatable bonds is 7. The number of hydrogen-bond donors (Lipinski definition) is 3. The third kappa shape index (κ3) is 6.34. The monoisotopic (exact) mass is 372 g/mol. The lowest BCUT2D eigenvalue weighted by atomic mass is 9.99. The molecule has 0 aromatic heterocycles. The first-order valence-electron chi connectivity index (χ1n) is 6.97. The van der Waals surface area contributed by atoms with Crippen molar-refractivity contribution in [2.24, 2.45) is 0 Å². The van der Waals surface area contributed by atoms with Crippen LogP contribution in [0, 0.1) is 0 Å². The van der Waals surface area contributed by atoms with Crippen molar-refractivity contribution >= 4 is 33.6 Å². The molecule has 1 aromatic carbocycles. The van der Waals surface area contributed by atoms with Gasteiger partial charge in [0.15, 0.2) is 0 Å². The highest BCUT2D eigenvalue weighted by molar-refractivity contribution is 9.10. The zero-order chi connectivity index (χ0) is 16.8. The van der Waals surface area contributed by atoms with Gasteiger partial charge in [0, 0.05) is 17.6 Å². The molecule has 3 N–H and O–H groups in total. The fourth-order valence-corrected chi connectivity index (χ4v) is 2.30. The lowest BCUT2D eigenvalue weighted by molar-refractivity contribution is -0.137. The molecule has 0 saturated heterocycles. The normalized spacial score (nSPS) is 10.9. The summed E-state index contributed by atoms with van der Waals surface area (Å²) >= 11 is 3.38. The number of halogens is 1. The van der Waals surface area contributed by atoms with Gasteiger partial charge in [0.05, 0.1) is 11.1 Å². The topological polar surface area (TPSA) is 87.7 Å². The summed E-state index contributed by atoms with van der Waals surface area (Å²) in [5.41, 5.74) is 0.00665. The van der Waals surface area contributed by atoms with Crippen molar-refractivity contribution in [3.63, 3.8) is 0 Å². The SMILES string of the molecule is CCOc1ccc(NC(=O)NC(C)(C)CCC(=O)O)cc1Br. The third-order valence-electron chi connectivity index (χ3n) is 2.91. The Balaban J connectivity index is 2.61. The predicted octanol–water partition coefficient (Wildman–Crippen LogP) is 3.61. The second-order valence-corrected chi connectivity index (χ2v) is 6.29. The molecule has 0 fully saturated rings. The summed E-state index contributed by atoms with van der Waals surface area (Å²) < 4.78 is 6.15. The second-order valence-electron chi connectivity index (χ2n) is 5.43. The van der Waals surface area contributed by atoms with Gasteiger partial charge in [-0.2, -0.15) is 0 Å². The van der Waals surface area contributed by atoms with Crippen LogP contribution in [-0.2, 0) is 4.79 Å². The largest absolute Gasteiger partial charge is 0.493 e. The molecule has 1 rings (SSSR count).